The van der Waals surface area contributed by atoms with Gasteiger partial charge in [0.15, 0.2) is 0 Å². The highest BCUT2D eigenvalue weighted by Crippen LogP contribution is 2.24. The van der Waals surface area contributed by atoms with Gasteiger partial charge >= 0.3 is 0 Å². The largest absolute Gasteiger partial charge is 0.373 e. The second kappa shape index (κ2) is 5.80. The molecule has 1 aromatic rings. The highest BCUT2D eigenvalue weighted by molar-refractivity contribution is 5.60. The Labute approximate surface area is 106 Å². The number of ether oxygens (including phenoxy) is 1. The molecule has 0 spiro atoms. The Morgan fingerprint density at radius 3 is 3.17 bits per heavy atom. The van der Waals surface area contributed by atoms with E-state index in [0.29, 0.717) is 25.4 Å². The lowest BCUT2D eigenvalue weighted by Crippen LogP contribution is -2.46. The Morgan fingerprint density at radius 2 is 2.44 bits per heavy atom. The molecule has 1 unspecified atom stereocenters. The Bertz CT molecular complexity index is 456. The standard InChI is InChI=1S/C13H16FN3O/c1-16-8-10-9-17(5-6-18-10)13-4-2-3-12(14)11(13)7-15/h2-4,10,16H,5-6,8-9H2,1H3. The van der Waals surface area contributed by atoms with Gasteiger partial charge in [0.25, 0.3) is 0 Å². The van der Waals surface area contributed by atoms with Crippen molar-refractivity contribution in [2.45, 2.75) is 6.10 Å². The van der Waals surface area contributed by atoms with Gasteiger partial charge in [-0.05, 0) is 19.2 Å². The maximum absolute atomic E-state index is 13.6. The normalized spacial score (nSPS) is 19.6. The summed E-state index contributed by atoms with van der Waals surface area (Å²) >= 11 is 0. The van der Waals surface area contributed by atoms with E-state index in [4.69, 9.17) is 10.00 Å². The first kappa shape index (κ1) is 12.8. The molecular formula is C13H16FN3O. The number of nitriles is 1. The maximum Gasteiger partial charge on any atom is 0.143 e. The van der Waals surface area contributed by atoms with E-state index >= 15 is 0 Å². The molecule has 0 bridgehead atoms. The molecule has 4 nitrogen and oxygen atoms in total. The zero-order valence-electron chi connectivity index (χ0n) is 10.3. The molecule has 18 heavy (non-hydrogen) atoms. The van der Waals surface area contributed by atoms with Crippen LogP contribution in [0.1, 0.15) is 5.56 Å². The van der Waals surface area contributed by atoms with Crippen molar-refractivity contribution in [3.8, 4) is 6.07 Å². The van der Waals surface area contributed by atoms with Crippen LogP contribution in [0, 0.1) is 17.1 Å². The van der Waals surface area contributed by atoms with E-state index in [0.717, 1.165) is 6.54 Å². The van der Waals surface area contributed by atoms with Crippen molar-refractivity contribution in [2.24, 2.45) is 0 Å². The van der Waals surface area contributed by atoms with Crippen LogP contribution in [0.25, 0.3) is 0 Å². The molecule has 0 saturated carbocycles. The smallest absolute Gasteiger partial charge is 0.143 e. The van der Waals surface area contributed by atoms with Crippen LogP contribution in [-0.4, -0.2) is 39.4 Å². The number of anilines is 1. The van der Waals surface area contributed by atoms with Crippen molar-refractivity contribution >= 4 is 5.69 Å². The highest BCUT2D eigenvalue weighted by Gasteiger charge is 2.22. The first-order chi connectivity index (χ1) is 8.76. The molecule has 0 radical (unpaired) electrons. The van der Waals surface area contributed by atoms with Gasteiger partial charge in [0.2, 0.25) is 0 Å². The average molecular weight is 249 g/mol. The topological polar surface area (TPSA) is 48.3 Å². The van der Waals surface area contributed by atoms with Gasteiger partial charge in [-0.3, -0.25) is 0 Å². The second-order valence-electron chi connectivity index (χ2n) is 4.24. The van der Waals surface area contributed by atoms with Gasteiger partial charge in [-0.1, -0.05) is 6.07 Å². The average Bonchev–Trinajstić information content (AvgIpc) is 2.39. The molecule has 1 heterocycles. The van der Waals surface area contributed by atoms with Crippen LogP contribution in [0.15, 0.2) is 18.2 Å². The first-order valence-corrected chi connectivity index (χ1v) is 5.96. The number of rotatable bonds is 3. The van der Waals surface area contributed by atoms with E-state index in [1.54, 1.807) is 12.1 Å². The number of nitrogens with zero attached hydrogens (tertiary/aromatic N) is 2. The van der Waals surface area contributed by atoms with Crippen LogP contribution in [0.5, 0.6) is 0 Å². The lowest BCUT2D eigenvalue weighted by molar-refractivity contribution is 0.0421. The number of morpholine rings is 1. The van der Waals surface area contributed by atoms with Crippen molar-refractivity contribution in [3.63, 3.8) is 0 Å². The lowest BCUT2D eigenvalue weighted by Gasteiger charge is -2.34. The van der Waals surface area contributed by atoms with E-state index in [1.165, 1.54) is 6.07 Å². The molecule has 2 rings (SSSR count). The highest BCUT2D eigenvalue weighted by atomic mass is 19.1. The summed E-state index contributed by atoms with van der Waals surface area (Å²) in [6.07, 6.45) is 0.0681. The van der Waals surface area contributed by atoms with E-state index in [2.05, 4.69) is 5.32 Å². The first-order valence-electron chi connectivity index (χ1n) is 5.96. The molecule has 1 fully saturated rings. The van der Waals surface area contributed by atoms with Gasteiger partial charge in [-0.25, -0.2) is 4.39 Å². The third-order valence-corrected chi connectivity index (χ3v) is 3.01. The molecule has 1 N–H and O–H groups in total. The van der Waals surface area contributed by atoms with Crippen molar-refractivity contribution in [1.82, 2.24) is 5.32 Å². The Morgan fingerprint density at radius 1 is 1.61 bits per heavy atom. The van der Waals surface area contributed by atoms with Crippen LogP contribution in [-0.2, 0) is 4.74 Å². The number of nitrogens with one attached hydrogen (secondary N) is 1. The summed E-state index contributed by atoms with van der Waals surface area (Å²) in [6.45, 7) is 2.68. The van der Waals surface area contributed by atoms with Crippen LogP contribution in [0.4, 0.5) is 10.1 Å². The minimum Gasteiger partial charge on any atom is -0.373 e. The van der Waals surface area contributed by atoms with Crippen LogP contribution in [0.2, 0.25) is 0 Å². The van der Waals surface area contributed by atoms with Crippen molar-refractivity contribution in [3.05, 3.63) is 29.6 Å². The molecule has 1 atom stereocenters. The number of benzene rings is 1. The molecule has 1 aliphatic rings. The third-order valence-electron chi connectivity index (χ3n) is 3.01. The minimum absolute atomic E-state index is 0.0681. The number of halogens is 1. The zero-order chi connectivity index (χ0) is 13.0. The monoisotopic (exact) mass is 249 g/mol. The molecule has 1 saturated heterocycles. The molecule has 96 valence electrons. The molecule has 0 aromatic heterocycles. The van der Waals surface area contributed by atoms with Crippen molar-refractivity contribution < 1.29 is 9.13 Å². The van der Waals surface area contributed by atoms with Gasteiger partial charge < -0.3 is 15.0 Å². The third kappa shape index (κ3) is 2.61. The summed E-state index contributed by atoms with van der Waals surface area (Å²) in [5.41, 5.74) is 0.768. The Kier molecular flexibility index (Phi) is 4.13. The van der Waals surface area contributed by atoms with Crippen molar-refractivity contribution in [2.75, 3.05) is 38.2 Å². The fraction of sp³-hybridized carbons (Fsp3) is 0.462. The summed E-state index contributed by atoms with van der Waals surface area (Å²) in [4.78, 5) is 2.01. The van der Waals surface area contributed by atoms with Crippen molar-refractivity contribution in [1.29, 1.82) is 5.26 Å². The zero-order valence-corrected chi connectivity index (χ0v) is 10.3. The fourth-order valence-electron chi connectivity index (χ4n) is 2.18. The number of likely N-dealkylation sites (N-methyl/N-ethyl adjacent to an activating group) is 1. The summed E-state index contributed by atoms with van der Waals surface area (Å²) in [6, 6.07) is 6.66. The predicted octanol–water partition coefficient (Wildman–Crippen LogP) is 1.12. The summed E-state index contributed by atoms with van der Waals surface area (Å²) in [7, 11) is 1.87. The minimum atomic E-state index is -0.466. The van der Waals surface area contributed by atoms with Gasteiger partial charge in [-0.15, -0.1) is 0 Å². The SMILES string of the molecule is CNCC1CN(c2cccc(F)c2C#N)CCO1. The Hall–Kier alpha value is -1.64. The van der Waals surface area contributed by atoms with Gasteiger partial charge in [-0.2, -0.15) is 5.26 Å². The van der Waals surface area contributed by atoms with Crippen LogP contribution < -0.4 is 10.2 Å². The quantitative estimate of drug-likeness (QED) is 0.872. The van der Waals surface area contributed by atoms with Crippen LogP contribution in [0.3, 0.4) is 0 Å². The number of hydrogen-bond acceptors (Lipinski definition) is 4. The van der Waals surface area contributed by atoms with E-state index in [-0.39, 0.29) is 11.7 Å². The summed E-state index contributed by atoms with van der Waals surface area (Å²) in [5.74, 6) is -0.466. The lowest BCUT2D eigenvalue weighted by atomic mass is 10.1. The molecule has 1 aliphatic heterocycles. The fourth-order valence-corrected chi connectivity index (χ4v) is 2.18. The summed E-state index contributed by atoms with van der Waals surface area (Å²) in [5, 5.41) is 12.1. The van der Waals surface area contributed by atoms with Crippen LogP contribution >= 0.6 is 0 Å². The van der Waals surface area contributed by atoms with E-state index < -0.39 is 5.82 Å². The second-order valence-corrected chi connectivity index (χ2v) is 4.24. The van der Waals surface area contributed by atoms with Gasteiger partial charge in [0.1, 0.15) is 17.4 Å². The maximum atomic E-state index is 13.6. The van der Waals surface area contributed by atoms with E-state index in [1.807, 2.05) is 18.0 Å². The van der Waals surface area contributed by atoms with E-state index in [9.17, 15) is 4.39 Å². The number of hydrogen-bond donors (Lipinski definition) is 1. The summed E-state index contributed by atoms with van der Waals surface area (Å²) < 4.78 is 19.2. The predicted molar refractivity (Wildman–Crippen MR) is 67.0 cm³/mol. The van der Waals surface area contributed by atoms with Gasteiger partial charge in [0.05, 0.1) is 18.4 Å². The molecule has 0 amide bonds. The molecular weight excluding hydrogens is 233 g/mol. The molecule has 1 aromatic carbocycles. The Balaban J connectivity index is 2.21. The molecule has 5 heteroatoms. The molecule has 0 aliphatic carbocycles. The van der Waals surface area contributed by atoms with Gasteiger partial charge in [0, 0.05) is 19.6 Å².